The highest BCUT2D eigenvalue weighted by atomic mass is 35.5. The maximum Gasteiger partial charge on any atom is 0.348 e. The molecule has 0 N–H and O–H groups in total. The van der Waals surface area contributed by atoms with Crippen LogP contribution in [0.5, 0.6) is 0 Å². The number of carbonyl (C=O) groups is 1. The van der Waals surface area contributed by atoms with Gasteiger partial charge in [-0.05, 0) is 12.1 Å². The summed E-state index contributed by atoms with van der Waals surface area (Å²) in [6, 6.07) is 4.86. The first kappa shape index (κ1) is 10.2. The van der Waals surface area contributed by atoms with E-state index in [1.165, 1.54) is 0 Å². The number of benzene rings is 1. The van der Waals surface area contributed by atoms with Crippen LogP contribution in [0.25, 0.3) is 11.0 Å². The number of aldehydes is 1. The van der Waals surface area contributed by atoms with E-state index >= 15 is 0 Å². The second-order valence-corrected chi connectivity index (χ2v) is 3.64. The first-order valence-electron chi connectivity index (χ1n) is 4.01. The highest BCUT2D eigenvalue weighted by Crippen LogP contribution is 2.28. The lowest BCUT2D eigenvalue weighted by Crippen LogP contribution is -2.07. The van der Waals surface area contributed by atoms with Gasteiger partial charge in [0, 0.05) is 5.39 Å². The van der Waals surface area contributed by atoms with Crippen LogP contribution in [-0.2, 0) is 0 Å². The first-order chi connectivity index (χ1) is 7.15. The summed E-state index contributed by atoms with van der Waals surface area (Å²) >= 11 is 11.7. The summed E-state index contributed by atoms with van der Waals surface area (Å²) in [5, 5.41) is 0.800. The number of carbonyl (C=O) groups excluding carboxylic acids is 1. The van der Waals surface area contributed by atoms with E-state index in [0.717, 1.165) is 0 Å². The Morgan fingerprint density at radius 2 is 2.00 bits per heavy atom. The van der Waals surface area contributed by atoms with Crippen molar-refractivity contribution in [2.75, 3.05) is 0 Å². The maximum absolute atomic E-state index is 11.3. The van der Waals surface area contributed by atoms with Gasteiger partial charge < -0.3 is 4.42 Å². The summed E-state index contributed by atoms with van der Waals surface area (Å²) in [6.45, 7) is 0. The van der Waals surface area contributed by atoms with Gasteiger partial charge in [0.15, 0.2) is 11.9 Å². The SMILES string of the molecule is O=Cc1c(Cl)c2cccc(Cl)c2oc1=O. The molecule has 1 heterocycles. The number of fused-ring (bicyclic) bond motifs is 1. The van der Waals surface area contributed by atoms with Crippen LogP contribution in [0.2, 0.25) is 10.0 Å². The Morgan fingerprint density at radius 3 is 2.67 bits per heavy atom. The van der Waals surface area contributed by atoms with Crippen LogP contribution in [-0.4, -0.2) is 6.29 Å². The van der Waals surface area contributed by atoms with Crippen LogP contribution >= 0.6 is 23.2 Å². The molecule has 0 saturated carbocycles. The maximum atomic E-state index is 11.3. The minimum Gasteiger partial charge on any atom is -0.421 e. The average molecular weight is 243 g/mol. The molecule has 0 unspecified atom stereocenters. The Hall–Kier alpha value is -1.32. The summed E-state index contributed by atoms with van der Waals surface area (Å²) in [4.78, 5) is 21.9. The van der Waals surface area contributed by atoms with Crippen molar-refractivity contribution in [3.63, 3.8) is 0 Å². The number of hydrogen-bond donors (Lipinski definition) is 0. The lowest BCUT2D eigenvalue weighted by molar-refractivity contribution is 0.112. The first-order valence-corrected chi connectivity index (χ1v) is 4.76. The molecule has 15 heavy (non-hydrogen) atoms. The molecule has 0 saturated heterocycles. The van der Waals surface area contributed by atoms with Gasteiger partial charge in [0.1, 0.15) is 5.56 Å². The Morgan fingerprint density at radius 1 is 1.27 bits per heavy atom. The van der Waals surface area contributed by atoms with E-state index in [2.05, 4.69) is 0 Å². The molecule has 0 radical (unpaired) electrons. The second-order valence-electron chi connectivity index (χ2n) is 2.85. The Labute approximate surface area is 94.2 Å². The smallest absolute Gasteiger partial charge is 0.348 e. The van der Waals surface area contributed by atoms with E-state index in [-0.39, 0.29) is 21.2 Å². The van der Waals surface area contributed by atoms with Gasteiger partial charge in [-0.3, -0.25) is 4.79 Å². The molecule has 0 amide bonds. The third-order valence-electron chi connectivity index (χ3n) is 1.97. The fraction of sp³-hybridized carbons (Fsp3) is 0. The molecule has 1 aromatic heterocycles. The minimum absolute atomic E-state index is 0.0683. The van der Waals surface area contributed by atoms with E-state index in [9.17, 15) is 9.59 Å². The molecule has 0 spiro atoms. The summed E-state index contributed by atoms with van der Waals surface area (Å²) in [5.41, 5.74) is -0.776. The molecule has 0 aliphatic rings. The summed E-state index contributed by atoms with van der Waals surface area (Å²) in [7, 11) is 0. The van der Waals surface area contributed by atoms with Crippen molar-refractivity contribution >= 4 is 40.5 Å². The van der Waals surface area contributed by atoms with Crippen molar-refractivity contribution in [3.8, 4) is 0 Å². The lowest BCUT2D eigenvalue weighted by atomic mass is 10.2. The number of halogens is 2. The highest BCUT2D eigenvalue weighted by Gasteiger charge is 2.13. The van der Waals surface area contributed by atoms with E-state index in [4.69, 9.17) is 27.6 Å². The van der Waals surface area contributed by atoms with Crippen LogP contribution in [0.3, 0.4) is 0 Å². The van der Waals surface area contributed by atoms with Gasteiger partial charge in [0.25, 0.3) is 0 Å². The summed E-state index contributed by atoms with van der Waals surface area (Å²) in [5.74, 6) is 0. The molecule has 2 aromatic rings. The van der Waals surface area contributed by atoms with Crippen molar-refractivity contribution in [1.29, 1.82) is 0 Å². The zero-order valence-corrected chi connectivity index (χ0v) is 8.80. The molecule has 0 aliphatic heterocycles. The van der Waals surface area contributed by atoms with Gasteiger partial charge in [-0.25, -0.2) is 4.79 Å². The molecule has 76 valence electrons. The van der Waals surface area contributed by atoms with E-state index in [1.807, 2.05) is 0 Å². The number of para-hydroxylation sites is 1. The van der Waals surface area contributed by atoms with Crippen LogP contribution < -0.4 is 5.63 Å². The minimum atomic E-state index is -0.782. The summed E-state index contributed by atoms with van der Waals surface area (Å²) < 4.78 is 4.89. The highest BCUT2D eigenvalue weighted by molar-refractivity contribution is 6.40. The Balaban J connectivity index is 3.04. The monoisotopic (exact) mass is 242 g/mol. The van der Waals surface area contributed by atoms with E-state index < -0.39 is 5.63 Å². The van der Waals surface area contributed by atoms with Gasteiger partial charge in [-0.1, -0.05) is 29.3 Å². The van der Waals surface area contributed by atoms with Crippen LogP contribution in [0, 0.1) is 0 Å². The van der Waals surface area contributed by atoms with Crippen molar-refractivity contribution in [1.82, 2.24) is 0 Å². The van der Waals surface area contributed by atoms with Crippen LogP contribution in [0.15, 0.2) is 27.4 Å². The van der Waals surface area contributed by atoms with Gasteiger partial charge in [-0.2, -0.15) is 0 Å². The fourth-order valence-electron chi connectivity index (χ4n) is 1.27. The zero-order valence-electron chi connectivity index (χ0n) is 7.29. The Bertz CT molecular complexity index is 601. The van der Waals surface area contributed by atoms with Crippen LogP contribution in [0.4, 0.5) is 0 Å². The topological polar surface area (TPSA) is 47.3 Å². The third-order valence-corrected chi connectivity index (χ3v) is 2.68. The molecule has 1 aromatic carbocycles. The normalized spacial score (nSPS) is 10.5. The van der Waals surface area contributed by atoms with Crippen molar-refractivity contribution in [2.24, 2.45) is 0 Å². The number of hydrogen-bond acceptors (Lipinski definition) is 3. The standard InChI is InChI=1S/C10H4Cl2O3/c11-7-3-1-2-5-8(12)6(4-13)10(14)15-9(5)7/h1-4H. The molecule has 3 nitrogen and oxygen atoms in total. The van der Waals surface area contributed by atoms with Gasteiger partial charge in [0.2, 0.25) is 0 Å². The quantitative estimate of drug-likeness (QED) is 0.571. The second kappa shape index (κ2) is 3.68. The van der Waals surface area contributed by atoms with E-state index in [0.29, 0.717) is 11.7 Å². The predicted octanol–water partition coefficient (Wildman–Crippen LogP) is 2.91. The predicted molar refractivity (Wildman–Crippen MR) is 57.9 cm³/mol. The largest absolute Gasteiger partial charge is 0.421 e. The third kappa shape index (κ3) is 1.54. The molecule has 0 bridgehead atoms. The molecule has 5 heteroatoms. The molecule has 0 aliphatic carbocycles. The average Bonchev–Trinajstić information content (AvgIpc) is 2.20. The van der Waals surface area contributed by atoms with Crippen molar-refractivity contribution < 1.29 is 9.21 Å². The molecule has 2 rings (SSSR count). The Kier molecular flexibility index (Phi) is 2.50. The summed E-state index contributed by atoms with van der Waals surface area (Å²) in [6.07, 6.45) is 0.370. The van der Waals surface area contributed by atoms with Gasteiger partial charge in [0.05, 0.1) is 10.0 Å². The van der Waals surface area contributed by atoms with E-state index in [1.54, 1.807) is 18.2 Å². The van der Waals surface area contributed by atoms with Crippen LogP contribution in [0.1, 0.15) is 10.4 Å². The van der Waals surface area contributed by atoms with Crippen molar-refractivity contribution in [2.45, 2.75) is 0 Å². The van der Waals surface area contributed by atoms with Gasteiger partial charge >= 0.3 is 5.63 Å². The molecule has 0 atom stereocenters. The van der Waals surface area contributed by atoms with Gasteiger partial charge in [-0.15, -0.1) is 0 Å². The van der Waals surface area contributed by atoms with Crippen molar-refractivity contribution in [3.05, 3.63) is 44.2 Å². The lowest BCUT2D eigenvalue weighted by Gasteiger charge is -2.01. The molecular weight excluding hydrogens is 239 g/mol. The number of rotatable bonds is 1. The fourth-order valence-corrected chi connectivity index (χ4v) is 1.75. The zero-order chi connectivity index (χ0) is 11.0. The molecular formula is C10H4Cl2O3. The molecule has 0 fully saturated rings.